The van der Waals surface area contributed by atoms with Crippen LogP contribution in [-0.4, -0.2) is 35.2 Å². The first-order chi connectivity index (χ1) is 8.55. The molecule has 0 saturated heterocycles. The van der Waals surface area contributed by atoms with Crippen molar-refractivity contribution in [1.82, 2.24) is 5.32 Å². The first-order valence-electron chi connectivity index (χ1n) is 6.66. The molecule has 1 atom stereocenters. The maximum absolute atomic E-state index is 11.9. The van der Waals surface area contributed by atoms with E-state index < -0.39 is 11.4 Å². The Morgan fingerprint density at radius 1 is 1.21 bits per heavy atom. The highest BCUT2D eigenvalue weighted by Gasteiger charge is 2.38. The summed E-state index contributed by atoms with van der Waals surface area (Å²) < 4.78 is 0. The lowest BCUT2D eigenvalue weighted by molar-refractivity contribution is -0.153. The van der Waals surface area contributed by atoms with Crippen molar-refractivity contribution in [2.75, 3.05) is 13.2 Å². The van der Waals surface area contributed by atoms with E-state index in [4.69, 9.17) is 5.11 Å². The molecule has 0 radical (unpaired) electrons. The van der Waals surface area contributed by atoms with Crippen LogP contribution in [0.3, 0.4) is 0 Å². The van der Waals surface area contributed by atoms with E-state index in [1.54, 1.807) is 20.8 Å². The fourth-order valence-corrected chi connectivity index (χ4v) is 1.65. The Morgan fingerprint density at radius 3 is 2.11 bits per heavy atom. The Balaban J connectivity index is 4.50. The molecule has 0 aliphatic rings. The smallest absolute Gasteiger partial charge is 0.310 e. The third kappa shape index (κ3) is 5.59. The molecule has 5 heteroatoms. The number of carboxylic acids is 1. The molecule has 0 rings (SSSR count). The van der Waals surface area contributed by atoms with E-state index in [1.165, 1.54) is 0 Å². The van der Waals surface area contributed by atoms with Gasteiger partial charge in [-0.3, -0.25) is 9.59 Å². The molecule has 0 aliphatic carbocycles. The van der Waals surface area contributed by atoms with Gasteiger partial charge in [0.1, 0.15) is 0 Å². The van der Waals surface area contributed by atoms with E-state index in [0.29, 0.717) is 13.0 Å². The zero-order chi connectivity index (χ0) is 15.3. The molecule has 112 valence electrons. The van der Waals surface area contributed by atoms with Gasteiger partial charge in [-0.1, -0.05) is 27.7 Å². The molecular formula is C14H27NO4. The number of amides is 1. The Labute approximate surface area is 115 Å². The lowest BCUT2D eigenvalue weighted by Gasteiger charge is -2.29. The molecule has 1 unspecified atom stereocenters. The van der Waals surface area contributed by atoms with E-state index in [9.17, 15) is 14.7 Å². The molecule has 3 N–H and O–H groups in total. The average molecular weight is 273 g/mol. The van der Waals surface area contributed by atoms with Gasteiger partial charge in [0, 0.05) is 19.6 Å². The van der Waals surface area contributed by atoms with Crippen LogP contribution in [0, 0.1) is 16.7 Å². The Morgan fingerprint density at radius 2 is 1.74 bits per heavy atom. The van der Waals surface area contributed by atoms with Gasteiger partial charge >= 0.3 is 5.97 Å². The minimum atomic E-state index is -1.05. The van der Waals surface area contributed by atoms with Crippen molar-refractivity contribution < 1.29 is 19.8 Å². The topological polar surface area (TPSA) is 86.6 Å². The van der Waals surface area contributed by atoms with Crippen LogP contribution in [0.1, 0.15) is 47.5 Å². The maximum Gasteiger partial charge on any atom is 0.310 e. The lowest BCUT2D eigenvalue weighted by Crippen LogP contribution is -2.41. The highest BCUT2D eigenvalue weighted by molar-refractivity contribution is 5.84. The molecule has 0 aliphatic heterocycles. The summed E-state index contributed by atoms with van der Waals surface area (Å²) in [6, 6.07) is 0. The predicted octanol–water partition coefficient (Wildman–Crippen LogP) is 1.65. The summed E-state index contributed by atoms with van der Waals surface area (Å²) >= 11 is 0. The number of aliphatic hydroxyl groups is 1. The molecular weight excluding hydrogens is 246 g/mol. The van der Waals surface area contributed by atoms with Crippen LogP contribution in [0.25, 0.3) is 0 Å². The number of nitrogens with one attached hydrogen (secondary N) is 1. The number of hydrogen-bond acceptors (Lipinski definition) is 3. The fraction of sp³-hybridized carbons (Fsp3) is 0.857. The van der Waals surface area contributed by atoms with Gasteiger partial charge in [0.15, 0.2) is 0 Å². The summed E-state index contributed by atoms with van der Waals surface area (Å²) in [5, 5.41) is 20.9. The van der Waals surface area contributed by atoms with Gasteiger partial charge in [-0.25, -0.2) is 0 Å². The molecule has 1 amide bonds. The van der Waals surface area contributed by atoms with Crippen LogP contribution in [-0.2, 0) is 9.59 Å². The standard InChI is InChI=1S/C14H27NO4/c1-10(2)14(5,12(18)19)8-11(17)15-9-13(3,4)6-7-16/h10,16H,6-9H2,1-5H3,(H,15,17)(H,18,19). The molecule has 19 heavy (non-hydrogen) atoms. The number of rotatable bonds is 8. The third-order valence-corrected chi connectivity index (χ3v) is 3.84. The average Bonchev–Trinajstić information content (AvgIpc) is 2.25. The highest BCUT2D eigenvalue weighted by Crippen LogP contribution is 2.31. The molecule has 0 heterocycles. The van der Waals surface area contributed by atoms with Gasteiger partial charge in [-0.05, 0) is 24.7 Å². The van der Waals surface area contributed by atoms with Crippen molar-refractivity contribution in [1.29, 1.82) is 0 Å². The van der Waals surface area contributed by atoms with Crippen LogP contribution in [0.4, 0.5) is 0 Å². The van der Waals surface area contributed by atoms with Gasteiger partial charge < -0.3 is 15.5 Å². The molecule has 0 spiro atoms. The lowest BCUT2D eigenvalue weighted by atomic mass is 9.76. The summed E-state index contributed by atoms with van der Waals surface area (Å²) in [5.41, 5.74) is -1.24. The largest absolute Gasteiger partial charge is 0.481 e. The second-order valence-corrected chi connectivity index (χ2v) is 6.47. The Bertz CT molecular complexity index is 325. The number of carbonyl (C=O) groups excluding carboxylic acids is 1. The zero-order valence-corrected chi connectivity index (χ0v) is 12.6. The summed E-state index contributed by atoms with van der Waals surface area (Å²) in [4.78, 5) is 23.2. The minimum absolute atomic E-state index is 0.0325. The second kappa shape index (κ2) is 6.89. The van der Waals surface area contributed by atoms with E-state index in [2.05, 4.69) is 5.32 Å². The summed E-state index contributed by atoms with van der Waals surface area (Å²) in [7, 11) is 0. The number of aliphatic carboxylic acids is 1. The first kappa shape index (κ1) is 17.9. The van der Waals surface area contributed by atoms with Gasteiger partial charge in [-0.15, -0.1) is 0 Å². The molecule has 0 aromatic carbocycles. The Kier molecular flexibility index (Phi) is 6.49. The van der Waals surface area contributed by atoms with E-state index in [0.717, 1.165) is 0 Å². The van der Waals surface area contributed by atoms with Crippen molar-refractivity contribution in [2.45, 2.75) is 47.5 Å². The Hall–Kier alpha value is -1.10. The van der Waals surface area contributed by atoms with Crippen molar-refractivity contribution in [3.05, 3.63) is 0 Å². The van der Waals surface area contributed by atoms with Crippen LogP contribution in [0.5, 0.6) is 0 Å². The number of aliphatic hydroxyl groups excluding tert-OH is 1. The summed E-state index contributed by atoms with van der Waals surface area (Å²) in [5.74, 6) is -1.34. The van der Waals surface area contributed by atoms with Crippen molar-refractivity contribution >= 4 is 11.9 Å². The molecule has 0 aromatic heterocycles. The normalized spacial score (nSPS) is 15.1. The van der Waals surface area contributed by atoms with Crippen LogP contribution < -0.4 is 5.32 Å². The summed E-state index contributed by atoms with van der Waals surface area (Å²) in [6.45, 7) is 9.60. The number of hydrogen-bond donors (Lipinski definition) is 3. The van der Waals surface area contributed by atoms with E-state index >= 15 is 0 Å². The molecule has 0 fully saturated rings. The van der Waals surface area contributed by atoms with Crippen LogP contribution in [0.15, 0.2) is 0 Å². The van der Waals surface area contributed by atoms with Gasteiger partial charge in [-0.2, -0.15) is 0 Å². The molecule has 0 saturated carbocycles. The number of carboxylic acid groups (broad SMARTS) is 1. The fourth-order valence-electron chi connectivity index (χ4n) is 1.65. The van der Waals surface area contributed by atoms with E-state index in [-0.39, 0.29) is 30.3 Å². The van der Waals surface area contributed by atoms with Crippen LogP contribution in [0.2, 0.25) is 0 Å². The van der Waals surface area contributed by atoms with Crippen molar-refractivity contribution in [3.63, 3.8) is 0 Å². The number of carbonyl (C=O) groups is 2. The first-order valence-corrected chi connectivity index (χ1v) is 6.66. The zero-order valence-electron chi connectivity index (χ0n) is 12.6. The highest BCUT2D eigenvalue weighted by atomic mass is 16.4. The quantitative estimate of drug-likeness (QED) is 0.627. The third-order valence-electron chi connectivity index (χ3n) is 3.84. The van der Waals surface area contributed by atoms with Crippen LogP contribution >= 0.6 is 0 Å². The van der Waals surface area contributed by atoms with E-state index in [1.807, 2.05) is 13.8 Å². The second-order valence-electron chi connectivity index (χ2n) is 6.47. The van der Waals surface area contributed by atoms with Crippen molar-refractivity contribution in [3.8, 4) is 0 Å². The molecule has 0 bridgehead atoms. The summed E-state index contributed by atoms with van der Waals surface area (Å²) in [6.07, 6.45) is 0.558. The predicted molar refractivity (Wildman–Crippen MR) is 73.7 cm³/mol. The minimum Gasteiger partial charge on any atom is -0.481 e. The maximum atomic E-state index is 11.9. The van der Waals surface area contributed by atoms with Gasteiger partial charge in [0.05, 0.1) is 5.41 Å². The SMILES string of the molecule is CC(C)C(C)(CC(=O)NCC(C)(C)CCO)C(=O)O. The van der Waals surface area contributed by atoms with Crippen molar-refractivity contribution in [2.24, 2.45) is 16.7 Å². The van der Waals surface area contributed by atoms with Gasteiger partial charge in [0.25, 0.3) is 0 Å². The monoisotopic (exact) mass is 273 g/mol. The van der Waals surface area contributed by atoms with Gasteiger partial charge in [0.2, 0.25) is 5.91 Å². The molecule has 5 nitrogen and oxygen atoms in total. The molecule has 0 aromatic rings.